The Morgan fingerprint density at radius 1 is 0.807 bits per heavy atom. The average Bonchev–Trinajstić information content (AvgIpc) is 3.24. The van der Waals surface area contributed by atoms with E-state index < -0.39 is 11.9 Å². The van der Waals surface area contributed by atoms with E-state index in [1.54, 1.807) is 0 Å². The van der Waals surface area contributed by atoms with E-state index in [2.05, 4.69) is 41.8 Å². The van der Waals surface area contributed by atoms with Crippen LogP contribution in [0.2, 0.25) is 0 Å². The summed E-state index contributed by atoms with van der Waals surface area (Å²) in [5, 5.41) is 8.84. The number of halogens is 2. The lowest BCUT2D eigenvalue weighted by molar-refractivity contribution is -0.138. The Morgan fingerprint density at radius 3 is 2.32 bits per heavy atom. The van der Waals surface area contributed by atoms with Crippen molar-refractivity contribution >= 4 is 35.0 Å². The van der Waals surface area contributed by atoms with Gasteiger partial charge in [-0.25, -0.2) is 18.7 Å². The van der Waals surface area contributed by atoms with E-state index in [9.17, 15) is 18.8 Å². The molecule has 5 fully saturated rings. The van der Waals surface area contributed by atoms with Crippen LogP contribution in [-0.2, 0) is 14.4 Å². The van der Waals surface area contributed by atoms with E-state index in [1.807, 2.05) is 35.2 Å². The predicted molar refractivity (Wildman–Crippen MR) is 217 cm³/mol. The molecule has 3 amide bonds. The fourth-order valence-electron chi connectivity index (χ4n) is 9.69. The van der Waals surface area contributed by atoms with E-state index >= 15 is 4.39 Å². The number of anilines is 3. The van der Waals surface area contributed by atoms with Crippen molar-refractivity contribution in [2.75, 3.05) is 61.3 Å². The van der Waals surface area contributed by atoms with Gasteiger partial charge in [-0.15, -0.1) is 0 Å². The van der Waals surface area contributed by atoms with Gasteiger partial charge in [-0.3, -0.25) is 19.7 Å². The highest BCUT2D eigenvalue weighted by Gasteiger charge is 2.33. The van der Waals surface area contributed by atoms with E-state index in [0.717, 1.165) is 101 Å². The second-order valence-corrected chi connectivity index (χ2v) is 16.9. The molecule has 5 aliphatic rings. The van der Waals surface area contributed by atoms with Gasteiger partial charge in [-0.2, -0.15) is 0 Å². The third-order valence-corrected chi connectivity index (χ3v) is 13.0. The highest BCUT2D eigenvalue weighted by Crippen LogP contribution is 2.35. The molecular formula is C44H56F2N8O3. The summed E-state index contributed by atoms with van der Waals surface area (Å²) in [4.78, 5) is 52.9. The van der Waals surface area contributed by atoms with Gasteiger partial charge in [0.2, 0.25) is 23.7 Å². The number of likely N-dealkylation sites (tertiary alicyclic amines) is 2. The Bertz CT molecular complexity index is 1900. The topological polar surface area (TPSA) is 123 Å². The maximum atomic E-state index is 15.2. The second-order valence-electron chi connectivity index (χ2n) is 16.9. The van der Waals surface area contributed by atoms with Crippen LogP contribution in [0, 0.1) is 23.5 Å². The standard InChI is InChI=1S/C44H56F2N8O3/c45-37-26-34(48-39-13-14-40(55)50-42(39)56)11-12-36(37)30-15-21-52(22-16-30)28-29-7-9-31(10-8-29)43(57)54-23-17-33(18-24-54)49-44-47-27-38(46)41(51-44)32-5-4-6-35(25-32)53-19-2-1-3-20-53/h4-6,11-12,25-27,29-31,33,39,48H,1-3,7-10,13-24,28H2,(H,47,49,51)(H,50,55,56)/t29-,31-,39?. The number of hydrogen-bond acceptors (Lipinski definition) is 9. The van der Waals surface area contributed by atoms with Gasteiger partial charge in [0.15, 0.2) is 5.82 Å². The molecule has 5 heterocycles. The van der Waals surface area contributed by atoms with Gasteiger partial charge < -0.3 is 25.3 Å². The van der Waals surface area contributed by atoms with Crippen molar-refractivity contribution in [3.63, 3.8) is 0 Å². The van der Waals surface area contributed by atoms with Gasteiger partial charge in [0.05, 0.1) is 6.20 Å². The monoisotopic (exact) mass is 782 g/mol. The van der Waals surface area contributed by atoms with Crippen molar-refractivity contribution in [2.45, 2.75) is 101 Å². The number of amides is 3. The van der Waals surface area contributed by atoms with Gasteiger partial charge in [0, 0.05) is 68.0 Å². The summed E-state index contributed by atoms with van der Waals surface area (Å²) < 4.78 is 30.2. The zero-order valence-electron chi connectivity index (χ0n) is 32.9. The molecule has 57 heavy (non-hydrogen) atoms. The molecule has 1 aromatic heterocycles. The molecule has 1 aliphatic carbocycles. The number of carbonyl (C=O) groups is 3. The Kier molecular flexibility index (Phi) is 12.3. The van der Waals surface area contributed by atoms with Crippen LogP contribution >= 0.6 is 0 Å². The van der Waals surface area contributed by atoms with Crippen molar-refractivity contribution in [1.29, 1.82) is 0 Å². The summed E-state index contributed by atoms with van der Waals surface area (Å²) in [7, 11) is 0. The molecule has 1 saturated carbocycles. The first-order valence-corrected chi connectivity index (χ1v) is 21.3. The van der Waals surface area contributed by atoms with Crippen molar-refractivity contribution in [1.82, 2.24) is 25.1 Å². The lowest BCUT2D eigenvalue weighted by Gasteiger charge is -2.38. The van der Waals surface area contributed by atoms with E-state index in [0.29, 0.717) is 42.8 Å². The number of nitrogens with one attached hydrogen (secondary N) is 3. The number of carbonyl (C=O) groups excluding carboxylic acids is 3. The quantitative estimate of drug-likeness (QED) is 0.193. The maximum Gasteiger partial charge on any atom is 0.249 e. The van der Waals surface area contributed by atoms with Crippen LogP contribution in [0.15, 0.2) is 48.7 Å². The Labute approximate surface area is 334 Å². The van der Waals surface area contributed by atoms with E-state index in [1.165, 1.54) is 31.5 Å². The molecule has 11 nitrogen and oxygen atoms in total. The minimum Gasteiger partial charge on any atom is -0.374 e. The van der Waals surface area contributed by atoms with Crippen LogP contribution < -0.4 is 20.9 Å². The number of imide groups is 1. The summed E-state index contributed by atoms with van der Waals surface area (Å²) >= 11 is 0. The third kappa shape index (κ3) is 9.56. The van der Waals surface area contributed by atoms with Gasteiger partial charge >= 0.3 is 0 Å². The van der Waals surface area contributed by atoms with Gasteiger partial charge in [-0.1, -0.05) is 18.2 Å². The molecule has 0 bridgehead atoms. The summed E-state index contributed by atoms with van der Waals surface area (Å²) in [5.41, 5.74) is 3.43. The van der Waals surface area contributed by atoms with Gasteiger partial charge in [0.1, 0.15) is 17.6 Å². The SMILES string of the molecule is O=C1CCC(Nc2ccc(C3CCN(C[C@H]4CC[C@H](C(=O)N5CCC(Nc6ncc(F)c(-c7cccc(N8CCCCC8)c7)n6)CC5)CC4)CC3)c(F)c2)C(=O)N1. The van der Waals surface area contributed by atoms with Crippen LogP contribution in [0.4, 0.5) is 26.1 Å². The lowest BCUT2D eigenvalue weighted by atomic mass is 9.80. The molecule has 4 saturated heterocycles. The maximum absolute atomic E-state index is 15.2. The zero-order chi connectivity index (χ0) is 39.3. The number of piperidine rings is 4. The molecule has 1 unspecified atom stereocenters. The average molecular weight is 783 g/mol. The summed E-state index contributed by atoms with van der Waals surface area (Å²) in [6.45, 7) is 6.31. The van der Waals surface area contributed by atoms with Crippen molar-refractivity contribution < 1.29 is 23.2 Å². The summed E-state index contributed by atoms with van der Waals surface area (Å²) in [5.74, 6) is 0.180. The highest BCUT2D eigenvalue weighted by atomic mass is 19.1. The molecule has 8 rings (SSSR count). The molecule has 1 atom stereocenters. The van der Waals surface area contributed by atoms with Crippen LogP contribution in [-0.4, -0.2) is 95.4 Å². The molecule has 2 aromatic carbocycles. The predicted octanol–water partition coefficient (Wildman–Crippen LogP) is 6.72. The molecule has 3 N–H and O–H groups in total. The van der Waals surface area contributed by atoms with Crippen LogP contribution in [0.1, 0.15) is 95.0 Å². The fraction of sp³-hybridized carbons (Fsp3) is 0.568. The summed E-state index contributed by atoms with van der Waals surface area (Å²) in [6.07, 6.45) is 12.9. The van der Waals surface area contributed by atoms with Crippen LogP contribution in [0.5, 0.6) is 0 Å². The Balaban J connectivity index is 0.751. The number of nitrogens with zero attached hydrogens (tertiary/aromatic N) is 5. The first-order chi connectivity index (χ1) is 27.8. The largest absolute Gasteiger partial charge is 0.374 e. The van der Waals surface area contributed by atoms with E-state index in [4.69, 9.17) is 0 Å². The minimum atomic E-state index is -0.538. The number of rotatable bonds is 10. The number of benzene rings is 2. The molecule has 13 heteroatoms. The van der Waals surface area contributed by atoms with Crippen molar-refractivity contribution in [2.24, 2.45) is 11.8 Å². The lowest BCUT2D eigenvalue weighted by Crippen LogP contribution is -2.47. The first kappa shape index (κ1) is 39.2. The van der Waals surface area contributed by atoms with Crippen LogP contribution in [0.25, 0.3) is 11.3 Å². The molecular weight excluding hydrogens is 727 g/mol. The second kappa shape index (κ2) is 17.9. The normalized spacial score (nSPS) is 24.3. The van der Waals surface area contributed by atoms with Gasteiger partial charge in [-0.05, 0) is 132 Å². The zero-order valence-corrected chi connectivity index (χ0v) is 32.9. The first-order valence-electron chi connectivity index (χ1n) is 21.3. The van der Waals surface area contributed by atoms with Crippen molar-refractivity contribution in [3.05, 3.63) is 65.9 Å². The molecule has 3 aromatic rings. The third-order valence-electron chi connectivity index (χ3n) is 13.0. The van der Waals surface area contributed by atoms with Crippen LogP contribution in [0.3, 0.4) is 0 Å². The fourth-order valence-corrected chi connectivity index (χ4v) is 9.69. The van der Waals surface area contributed by atoms with Crippen molar-refractivity contribution in [3.8, 4) is 11.3 Å². The Morgan fingerprint density at radius 2 is 1.58 bits per heavy atom. The summed E-state index contributed by atoms with van der Waals surface area (Å²) in [6, 6.07) is 12.7. The van der Waals surface area contributed by atoms with Gasteiger partial charge in [0.25, 0.3) is 0 Å². The minimum absolute atomic E-state index is 0.0793. The molecule has 304 valence electrons. The van der Waals surface area contributed by atoms with E-state index in [-0.39, 0.29) is 47.8 Å². The number of aromatic nitrogens is 2. The Hall–Kier alpha value is -4.65. The molecule has 0 spiro atoms. The molecule has 0 radical (unpaired) electrons. The number of hydrogen-bond donors (Lipinski definition) is 3. The smallest absolute Gasteiger partial charge is 0.249 e. The highest BCUT2D eigenvalue weighted by molar-refractivity contribution is 6.01. The molecule has 4 aliphatic heterocycles.